The van der Waals surface area contributed by atoms with Gasteiger partial charge in [0, 0.05) is 31.2 Å². The molecule has 0 fully saturated rings. The second kappa shape index (κ2) is 4.94. The standard InChI is InChI=1S/C13H17N3/c1-2-16(10-8-14)12-7-3-5-11-6-4-9-15-13(11)12/h3-7,9H,2,8,10,14H2,1H3. The van der Waals surface area contributed by atoms with Gasteiger partial charge in [0.25, 0.3) is 0 Å². The van der Waals surface area contributed by atoms with E-state index in [1.54, 1.807) is 0 Å². The highest BCUT2D eigenvalue weighted by Gasteiger charge is 2.07. The largest absolute Gasteiger partial charge is 0.369 e. The van der Waals surface area contributed by atoms with Gasteiger partial charge in [-0.3, -0.25) is 4.98 Å². The van der Waals surface area contributed by atoms with Crippen molar-refractivity contribution in [3.63, 3.8) is 0 Å². The Bertz CT molecular complexity index is 462. The third-order valence-corrected chi connectivity index (χ3v) is 2.73. The molecular formula is C13H17N3. The van der Waals surface area contributed by atoms with Crippen molar-refractivity contribution < 1.29 is 0 Å². The number of likely N-dealkylation sites (N-methyl/N-ethyl adjacent to an activating group) is 1. The molecule has 0 radical (unpaired) electrons. The highest BCUT2D eigenvalue weighted by molar-refractivity contribution is 5.90. The van der Waals surface area contributed by atoms with Gasteiger partial charge in [0.05, 0.1) is 11.2 Å². The summed E-state index contributed by atoms with van der Waals surface area (Å²) in [6.45, 7) is 4.62. The molecule has 2 N–H and O–H groups in total. The molecule has 0 saturated heterocycles. The van der Waals surface area contributed by atoms with Gasteiger partial charge in [-0.1, -0.05) is 18.2 Å². The minimum absolute atomic E-state index is 0.664. The first kappa shape index (κ1) is 10.9. The zero-order valence-corrected chi connectivity index (χ0v) is 9.56. The summed E-state index contributed by atoms with van der Waals surface area (Å²) in [5.74, 6) is 0. The lowest BCUT2D eigenvalue weighted by Crippen LogP contribution is -2.29. The Labute approximate surface area is 95.9 Å². The fraction of sp³-hybridized carbons (Fsp3) is 0.308. The van der Waals surface area contributed by atoms with E-state index in [0.717, 1.165) is 18.6 Å². The summed E-state index contributed by atoms with van der Waals surface area (Å²) in [5.41, 5.74) is 7.85. The van der Waals surface area contributed by atoms with Gasteiger partial charge < -0.3 is 10.6 Å². The van der Waals surface area contributed by atoms with Crippen LogP contribution in [0, 0.1) is 0 Å². The molecule has 1 aromatic heterocycles. The van der Waals surface area contributed by atoms with Gasteiger partial charge in [0.15, 0.2) is 0 Å². The summed E-state index contributed by atoms with van der Waals surface area (Å²) in [4.78, 5) is 6.71. The van der Waals surface area contributed by atoms with Crippen LogP contribution in [-0.2, 0) is 0 Å². The van der Waals surface area contributed by atoms with Crippen LogP contribution < -0.4 is 10.6 Å². The Morgan fingerprint density at radius 2 is 2.06 bits per heavy atom. The van der Waals surface area contributed by atoms with Gasteiger partial charge in [-0.05, 0) is 19.1 Å². The van der Waals surface area contributed by atoms with Crippen molar-refractivity contribution in [2.24, 2.45) is 5.73 Å². The number of hydrogen-bond donors (Lipinski definition) is 1. The van der Waals surface area contributed by atoms with Crippen LogP contribution in [0.2, 0.25) is 0 Å². The first-order valence-corrected chi connectivity index (χ1v) is 5.65. The van der Waals surface area contributed by atoms with Crippen molar-refractivity contribution in [2.75, 3.05) is 24.5 Å². The summed E-state index contributed by atoms with van der Waals surface area (Å²) < 4.78 is 0. The fourth-order valence-corrected chi connectivity index (χ4v) is 1.95. The van der Waals surface area contributed by atoms with Crippen LogP contribution in [0.15, 0.2) is 36.5 Å². The molecule has 0 saturated carbocycles. The molecule has 3 nitrogen and oxygen atoms in total. The minimum atomic E-state index is 0.664. The lowest BCUT2D eigenvalue weighted by atomic mass is 10.1. The van der Waals surface area contributed by atoms with Gasteiger partial charge in [0.1, 0.15) is 0 Å². The number of nitrogens with zero attached hydrogens (tertiary/aromatic N) is 2. The Morgan fingerprint density at radius 1 is 1.25 bits per heavy atom. The number of rotatable bonds is 4. The monoisotopic (exact) mass is 215 g/mol. The molecule has 0 amide bonds. The second-order valence-electron chi connectivity index (χ2n) is 3.72. The van der Waals surface area contributed by atoms with Gasteiger partial charge in [-0.15, -0.1) is 0 Å². The molecule has 2 aromatic rings. The molecule has 0 atom stereocenters. The molecule has 1 heterocycles. The smallest absolute Gasteiger partial charge is 0.0935 e. The third kappa shape index (κ3) is 1.99. The number of para-hydroxylation sites is 1. The maximum absolute atomic E-state index is 5.62. The SMILES string of the molecule is CCN(CCN)c1cccc2cccnc12. The summed E-state index contributed by atoms with van der Waals surface area (Å²) in [6, 6.07) is 10.3. The third-order valence-electron chi connectivity index (χ3n) is 2.73. The van der Waals surface area contributed by atoms with Crippen LogP contribution in [-0.4, -0.2) is 24.6 Å². The molecule has 3 heteroatoms. The molecule has 0 unspecified atom stereocenters. The van der Waals surface area contributed by atoms with E-state index in [1.165, 1.54) is 11.1 Å². The number of aromatic nitrogens is 1. The van der Waals surface area contributed by atoms with Crippen molar-refractivity contribution in [3.05, 3.63) is 36.5 Å². The number of nitrogens with two attached hydrogens (primary N) is 1. The Balaban J connectivity index is 2.50. The first-order valence-electron chi connectivity index (χ1n) is 5.65. The van der Waals surface area contributed by atoms with Crippen molar-refractivity contribution in [3.8, 4) is 0 Å². The summed E-state index contributed by atoms with van der Waals surface area (Å²) in [5, 5.41) is 1.18. The minimum Gasteiger partial charge on any atom is -0.369 e. The van der Waals surface area contributed by atoms with E-state index in [2.05, 4.69) is 41.1 Å². The van der Waals surface area contributed by atoms with E-state index in [0.29, 0.717) is 6.54 Å². The van der Waals surface area contributed by atoms with Crippen LogP contribution in [0.5, 0.6) is 0 Å². The average molecular weight is 215 g/mol. The lowest BCUT2D eigenvalue weighted by Gasteiger charge is -2.23. The van der Waals surface area contributed by atoms with Gasteiger partial charge in [-0.25, -0.2) is 0 Å². The van der Waals surface area contributed by atoms with Crippen LogP contribution in [0.4, 0.5) is 5.69 Å². The van der Waals surface area contributed by atoms with Crippen molar-refractivity contribution in [1.82, 2.24) is 4.98 Å². The lowest BCUT2D eigenvalue weighted by molar-refractivity contribution is 0.819. The van der Waals surface area contributed by atoms with Crippen molar-refractivity contribution in [1.29, 1.82) is 0 Å². The normalized spacial score (nSPS) is 10.6. The molecule has 0 bridgehead atoms. The quantitative estimate of drug-likeness (QED) is 0.848. The summed E-state index contributed by atoms with van der Waals surface area (Å²) in [6.07, 6.45) is 1.84. The number of anilines is 1. The molecular weight excluding hydrogens is 198 g/mol. The summed E-state index contributed by atoms with van der Waals surface area (Å²) in [7, 11) is 0. The van der Waals surface area contributed by atoms with E-state index in [-0.39, 0.29) is 0 Å². The number of benzene rings is 1. The second-order valence-corrected chi connectivity index (χ2v) is 3.72. The van der Waals surface area contributed by atoms with Crippen molar-refractivity contribution >= 4 is 16.6 Å². The number of fused-ring (bicyclic) bond motifs is 1. The van der Waals surface area contributed by atoms with Crippen LogP contribution in [0.25, 0.3) is 10.9 Å². The van der Waals surface area contributed by atoms with E-state index < -0.39 is 0 Å². The average Bonchev–Trinajstić information content (AvgIpc) is 2.35. The van der Waals surface area contributed by atoms with E-state index in [1.807, 2.05) is 12.3 Å². The molecule has 0 aliphatic carbocycles. The first-order chi connectivity index (χ1) is 7.86. The van der Waals surface area contributed by atoms with Gasteiger partial charge in [-0.2, -0.15) is 0 Å². The topological polar surface area (TPSA) is 42.1 Å². The Hall–Kier alpha value is -1.61. The maximum atomic E-state index is 5.62. The van der Waals surface area contributed by atoms with Gasteiger partial charge >= 0.3 is 0 Å². The zero-order valence-electron chi connectivity index (χ0n) is 9.56. The molecule has 1 aromatic carbocycles. The maximum Gasteiger partial charge on any atom is 0.0935 e. The predicted octanol–water partition coefficient (Wildman–Crippen LogP) is 2.02. The molecule has 16 heavy (non-hydrogen) atoms. The molecule has 0 aliphatic heterocycles. The predicted molar refractivity (Wildman–Crippen MR) is 68.7 cm³/mol. The molecule has 2 rings (SSSR count). The van der Waals surface area contributed by atoms with Gasteiger partial charge in [0.2, 0.25) is 0 Å². The molecule has 0 aliphatic rings. The Kier molecular flexibility index (Phi) is 3.37. The van der Waals surface area contributed by atoms with Crippen molar-refractivity contribution in [2.45, 2.75) is 6.92 Å². The molecule has 84 valence electrons. The van der Waals surface area contributed by atoms with Crippen LogP contribution in [0.3, 0.4) is 0 Å². The highest BCUT2D eigenvalue weighted by atomic mass is 15.1. The fourth-order valence-electron chi connectivity index (χ4n) is 1.95. The zero-order chi connectivity index (χ0) is 11.4. The molecule has 0 spiro atoms. The van der Waals surface area contributed by atoms with E-state index >= 15 is 0 Å². The number of pyridine rings is 1. The van der Waals surface area contributed by atoms with Crippen LogP contribution in [0.1, 0.15) is 6.92 Å². The van der Waals surface area contributed by atoms with E-state index in [4.69, 9.17) is 5.73 Å². The summed E-state index contributed by atoms with van der Waals surface area (Å²) >= 11 is 0. The van der Waals surface area contributed by atoms with Crippen LogP contribution >= 0.6 is 0 Å². The van der Waals surface area contributed by atoms with E-state index in [9.17, 15) is 0 Å². The Morgan fingerprint density at radius 3 is 2.81 bits per heavy atom. The highest BCUT2D eigenvalue weighted by Crippen LogP contribution is 2.24. The number of hydrogen-bond acceptors (Lipinski definition) is 3.